The maximum absolute atomic E-state index is 9.92. The first-order chi connectivity index (χ1) is 8.84. The standard InChI is InChI=1S/C14H19N3O/c18-13-4-1-3-12-11(13)6-10-17(12)9-2-5-14-15-7-8-16-14/h6-8,10,13,18H,1-5,9H2,(H,15,16). The van der Waals surface area contributed by atoms with Crippen molar-refractivity contribution in [3.05, 3.63) is 41.7 Å². The number of fused-ring (bicyclic) bond motifs is 1. The first-order valence-corrected chi connectivity index (χ1v) is 6.69. The minimum atomic E-state index is -0.250. The van der Waals surface area contributed by atoms with E-state index in [2.05, 4.69) is 26.8 Å². The average Bonchev–Trinajstić information content (AvgIpc) is 3.00. The molecule has 2 heterocycles. The molecule has 0 saturated heterocycles. The molecule has 2 aromatic rings. The van der Waals surface area contributed by atoms with Crippen LogP contribution in [0.1, 0.15) is 42.4 Å². The van der Waals surface area contributed by atoms with Crippen molar-refractivity contribution in [3.63, 3.8) is 0 Å². The van der Waals surface area contributed by atoms with Crippen molar-refractivity contribution < 1.29 is 5.11 Å². The van der Waals surface area contributed by atoms with E-state index in [1.54, 1.807) is 6.20 Å². The molecule has 0 fully saturated rings. The van der Waals surface area contributed by atoms with Crippen LogP contribution in [-0.2, 0) is 19.4 Å². The fourth-order valence-electron chi connectivity index (χ4n) is 2.79. The lowest BCUT2D eigenvalue weighted by Gasteiger charge is -2.20. The number of nitrogens with one attached hydrogen (secondary N) is 1. The lowest BCUT2D eigenvalue weighted by molar-refractivity contribution is 0.155. The van der Waals surface area contributed by atoms with E-state index in [9.17, 15) is 5.11 Å². The maximum Gasteiger partial charge on any atom is 0.106 e. The van der Waals surface area contributed by atoms with Crippen molar-refractivity contribution in [2.24, 2.45) is 0 Å². The summed E-state index contributed by atoms with van der Waals surface area (Å²) in [6, 6.07) is 2.08. The third kappa shape index (κ3) is 2.20. The second-order valence-corrected chi connectivity index (χ2v) is 4.96. The quantitative estimate of drug-likeness (QED) is 0.867. The molecule has 0 amide bonds. The van der Waals surface area contributed by atoms with Crippen molar-refractivity contribution in [1.29, 1.82) is 0 Å². The zero-order valence-electron chi connectivity index (χ0n) is 10.5. The second kappa shape index (κ2) is 4.98. The summed E-state index contributed by atoms with van der Waals surface area (Å²) < 4.78 is 2.29. The highest BCUT2D eigenvalue weighted by Gasteiger charge is 2.20. The highest BCUT2D eigenvalue weighted by Crippen LogP contribution is 2.30. The predicted molar refractivity (Wildman–Crippen MR) is 69.2 cm³/mol. The molecule has 2 N–H and O–H groups in total. The first kappa shape index (κ1) is 11.5. The molecular formula is C14H19N3O. The van der Waals surface area contributed by atoms with Gasteiger partial charge in [0.15, 0.2) is 0 Å². The van der Waals surface area contributed by atoms with Gasteiger partial charge in [0.1, 0.15) is 5.82 Å². The lowest BCUT2D eigenvalue weighted by atomic mass is 9.95. The number of H-pyrrole nitrogens is 1. The van der Waals surface area contributed by atoms with E-state index in [1.807, 2.05) is 6.20 Å². The molecule has 18 heavy (non-hydrogen) atoms. The Labute approximate surface area is 107 Å². The number of nitrogens with zero attached hydrogens (tertiary/aromatic N) is 2. The zero-order valence-corrected chi connectivity index (χ0v) is 10.5. The summed E-state index contributed by atoms with van der Waals surface area (Å²) in [7, 11) is 0. The number of aryl methyl sites for hydroxylation is 2. The van der Waals surface area contributed by atoms with Crippen LogP contribution < -0.4 is 0 Å². The summed E-state index contributed by atoms with van der Waals surface area (Å²) in [6.07, 6.45) is 10.7. The molecule has 1 aliphatic carbocycles. The van der Waals surface area contributed by atoms with Gasteiger partial charge in [-0.05, 0) is 31.7 Å². The van der Waals surface area contributed by atoms with Crippen LogP contribution in [0.25, 0.3) is 0 Å². The molecule has 0 bridgehead atoms. The lowest BCUT2D eigenvalue weighted by Crippen LogP contribution is -2.12. The summed E-state index contributed by atoms with van der Waals surface area (Å²) in [4.78, 5) is 7.36. The SMILES string of the molecule is OC1CCCc2c1ccn2CCCc1ncc[nH]1. The molecular weight excluding hydrogens is 226 g/mol. The molecule has 0 spiro atoms. The van der Waals surface area contributed by atoms with E-state index in [1.165, 1.54) is 5.69 Å². The molecule has 0 aliphatic heterocycles. The molecule has 1 unspecified atom stereocenters. The Kier molecular flexibility index (Phi) is 3.19. The summed E-state index contributed by atoms with van der Waals surface area (Å²) in [5.74, 6) is 1.05. The van der Waals surface area contributed by atoms with Crippen molar-refractivity contribution in [2.75, 3.05) is 0 Å². The third-order valence-corrected chi connectivity index (χ3v) is 3.73. The fraction of sp³-hybridized carbons (Fsp3) is 0.500. The van der Waals surface area contributed by atoms with Gasteiger partial charge >= 0.3 is 0 Å². The minimum absolute atomic E-state index is 0.250. The topological polar surface area (TPSA) is 53.8 Å². The van der Waals surface area contributed by atoms with Crippen LogP contribution in [0.3, 0.4) is 0 Å². The molecule has 0 aromatic carbocycles. The number of rotatable bonds is 4. The van der Waals surface area contributed by atoms with Crippen molar-refractivity contribution in [2.45, 2.75) is 44.8 Å². The van der Waals surface area contributed by atoms with E-state index < -0.39 is 0 Å². The van der Waals surface area contributed by atoms with Crippen LogP contribution in [-0.4, -0.2) is 19.6 Å². The van der Waals surface area contributed by atoms with Crippen LogP contribution in [0.5, 0.6) is 0 Å². The Balaban J connectivity index is 1.63. The second-order valence-electron chi connectivity index (χ2n) is 4.96. The summed E-state index contributed by atoms with van der Waals surface area (Å²) in [6.45, 7) is 1.00. The predicted octanol–water partition coefficient (Wildman–Crippen LogP) is 2.21. The number of hydrogen-bond acceptors (Lipinski definition) is 2. The van der Waals surface area contributed by atoms with Crippen LogP contribution in [0.2, 0.25) is 0 Å². The van der Waals surface area contributed by atoms with E-state index in [0.717, 1.165) is 50.0 Å². The normalized spacial score (nSPS) is 18.8. The van der Waals surface area contributed by atoms with E-state index in [-0.39, 0.29) is 6.10 Å². The van der Waals surface area contributed by atoms with Gasteiger partial charge in [0.2, 0.25) is 0 Å². The van der Waals surface area contributed by atoms with Gasteiger partial charge in [0.25, 0.3) is 0 Å². The molecule has 1 atom stereocenters. The highest BCUT2D eigenvalue weighted by molar-refractivity contribution is 5.27. The molecule has 3 rings (SSSR count). The van der Waals surface area contributed by atoms with E-state index in [0.29, 0.717) is 0 Å². The number of aromatic nitrogens is 3. The molecule has 2 aromatic heterocycles. The van der Waals surface area contributed by atoms with Crippen molar-refractivity contribution in [1.82, 2.24) is 14.5 Å². The molecule has 1 aliphatic rings. The van der Waals surface area contributed by atoms with Crippen LogP contribution >= 0.6 is 0 Å². The van der Waals surface area contributed by atoms with E-state index >= 15 is 0 Å². The smallest absolute Gasteiger partial charge is 0.106 e. The molecule has 96 valence electrons. The Bertz CT molecular complexity index is 501. The van der Waals surface area contributed by atoms with E-state index in [4.69, 9.17) is 0 Å². The number of imidazole rings is 1. The Hall–Kier alpha value is -1.55. The van der Waals surface area contributed by atoms with Gasteiger partial charge in [-0.25, -0.2) is 4.98 Å². The first-order valence-electron chi connectivity index (χ1n) is 6.69. The van der Waals surface area contributed by atoms with Crippen LogP contribution in [0.4, 0.5) is 0 Å². The summed E-state index contributed by atoms with van der Waals surface area (Å²) in [5, 5.41) is 9.92. The van der Waals surface area contributed by atoms with Gasteiger partial charge in [-0.2, -0.15) is 0 Å². The Morgan fingerprint density at radius 1 is 1.50 bits per heavy atom. The van der Waals surface area contributed by atoms with Crippen molar-refractivity contribution in [3.8, 4) is 0 Å². The van der Waals surface area contributed by atoms with Gasteiger partial charge in [-0.3, -0.25) is 0 Å². The summed E-state index contributed by atoms with van der Waals surface area (Å²) >= 11 is 0. The minimum Gasteiger partial charge on any atom is -0.388 e. The fourth-order valence-corrected chi connectivity index (χ4v) is 2.79. The van der Waals surface area contributed by atoms with Gasteiger partial charge < -0.3 is 14.7 Å². The van der Waals surface area contributed by atoms with Gasteiger partial charge in [0, 0.05) is 42.8 Å². The maximum atomic E-state index is 9.92. The highest BCUT2D eigenvalue weighted by atomic mass is 16.3. The Morgan fingerprint density at radius 2 is 2.44 bits per heavy atom. The molecule has 0 saturated carbocycles. The van der Waals surface area contributed by atoms with Gasteiger partial charge in [0.05, 0.1) is 6.10 Å². The number of aliphatic hydroxyl groups is 1. The van der Waals surface area contributed by atoms with Gasteiger partial charge in [-0.1, -0.05) is 0 Å². The molecule has 0 radical (unpaired) electrons. The average molecular weight is 245 g/mol. The van der Waals surface area contributed by atoms with Crippen LogP contribution in [0, 0.1) is 0 Å². The van der Waals surface area contributed by atoms with Crippen molar-refractivity contribution >= 4 is 0 Å². The van der Waals surface area contributed by atoms with Crippen LogP contribution in [0.15, 0.2) is 24.7 Å². The monoisotopic (exact) mass is 245 g/mol. The Morgan fingerprint density at radius 3 is 3.28 bits per heavy atom. The number of aliphatic hydroxyl groups excluding tert-OH is 1. The number of hydrogen-bond donors (Lipinski definition) is 2. The third-order valence-electron chi connectivity index (χ3n) is 3.73. The summed E-state index contributed by atoms with van der Waals surface area (Å²) in [5.41, 5.74) is 2.47. The van der Waals surface area contributed by atoms with Gasteiger partial charge in [-0.15, -0.1) is 0 Å². The number of aromatic amines is 1. The molecule has 4 heteroatoms. The molecule has 4 nitrogen and oxygen atoms in total. The largest absolute Gasteiger partial charge is 0.388 e. The zero-order chi connectivity index (χ0) is 12.4.